The van der Waals surface area contributed by atoms with Gasteiger partial charge in [-0.15, -0.1) is 6.42 Å². The normalized spacial score (nSPS) is 28.4. The van der Waals surface area contributed by atoms with Crippen LogP contribution in [0.15, 0.2) is 0 Å². The minimum absolute atomic E-state index is 0.0146. The van der Waals surface area contributed by atoms with Gasteiger partial charge in [-0.25, -0.2) is 0 Å². The van der Waals surface area contributed by atoms with Crippen LogP contribution < -0.4 is 10.6 Å². The summed E-state index contributed by atoms with van der Waals surface area (Å²) in [7, 11) is 0. The molecule has 1 saturated carbocycles. The summed E-state index contributed by atoms with van der Waals surface area (Å²) < 4.78 is 0. The average molecular weight is 280 g/mol. The van der Waals surface area contributed by atoms with E-state index in [2.05, 4.69) is 16.6 Å². The van der Waals surface area contributed by atoms with Gasteiger partial charge in [-0.2, -0.15) is 0 Å². The molecule has 20 heavy (non-hydrogen) atoms. The Morgan fingerprint density at radius 3 is 2.60 bits per heavy atom. The van der Waals surface area contributed by atoms with Crippen molar-refractivity contribution in [3.63, 3.8) is 0 Å². The van der Waals surface area contributed by atoms with E-state index in [1.54, 1.807) is 0 Å². The Kier molecular flexibility index (Phi) is 5.58. The second-order valence-electron chi connectivity index (χ2n) is 6.06. The summed E-state index contributed by atoms with van der Waals surface area (Å²) in [5, 5.41) is 15.1. The molecule has 5 nitrogen and oxygen atoms in total. The lowest BCUT2D eigenvalue weighted by Crippen LogP contribution is -2.53. The highest BCUT2D eigenvalue weighted by Gasteiger charge is 2.46. The summed E-state index contributed by atoms with van der Waals surface area (Å²) in [5.74, 6) is 1.32. The molecule has 1 aliphatic rings. The van der Waals surface area contributed by atoms with Crippen LogP contribution in [0, 0.1) is 29.6 Å². The maximum atomic E-state index is 11.8. The molecule has 5 heteroatoms. The lowest BCUT2D eigenvalue weighted by molar-refractivity contribution is -0.150. The quantitative estimate of drug-likeness (QED) is 0.515. The standard InChI is InChI=1S/C15H24N2O3/c1-5-8-16-9-13(18)17-12-7-6-11(14(19)20)15(3,4)10(12)2/h1,10-12,16H,6-9H2,2-4H3,(H,17,18)(H,19,20). The number of carbonyl (C=O) groups excluding carboxylic acids is 1. The van der Waals surface area contributed by atoms with E-state index in [1.165, 1.54) is 0 Å². The van der Waals surface area contributed by atoms with Gasteiger partial charge in [0.2, 0.25) is 5.91 Å². The van der Waals surface area contributed by atoms with Crippen molar-refractivity contribution >= 4 is 11.9 Å². The van der Waals surface area contributed by atoms with Crippen molar-refractivity contribution < 1.29 is 14.7 Å². The van der Waals surface area contributed by atoms with Crippen LogP contribution in [0.5, 0.6) is 0 Å². The molecular formula is C15H24N2O3. The number of amides is 1. The zero-order valence-electron chi connectivity index (χ0n) is 12.4. The van der Waals surface area contributed by atoms with Gasteiger partial charge >= 0.3 is 5.97 Å². The third-order valence-electron chi connectivity index (χ3n) is 4.60. The summed E-state index contributed by atoms with van der Waals surface area (Å²) in [4.78, 5) is 23.1. The first-order chi connectivity index (χ1) is 9.30. The Morgan fingerprint density at radius 1 is 1.40 bits per heavy atom. The molecule has 3 atom stereocenters. The highest BCUT2D eigenvalue weighted by molar-refractivity contribution is 5.78. The number of nitrogens with one attached hydrogen (secondary N) is 2. The molecule has 1 aliphatic carbocycles. The van der Waals surface area contributed by atoms with Gasteiger partial charge in [0.05, 0.1) is 19.0 Å². The SMILES string of the molecule is C#CCNCC(=O)NC1CCC(C(=O)O)C(C)(C)C1C. The number of carboxylic acid groups (broad SMARTS) is 1. The van der Waals surface area contributed by atoms with Gasteiger partial charge in [-0.3, -0.25) is 14.9 Å². The van der Waals surface area contributed by atoms with Crippen LogP contribution in [-0.4, -0.2) is 36.1 Å². The molecule has 0 saturated heterocycles. The van der Waals surface area contributed by atoms with Crippen LogP contribution in [0.1, 0.15) is 33.6 Å². The summed E-state index contributed by atoms with van der Waals surface area (Å²) in [6.07, 6.45) is 6.39. The predicted octanol–water partition coefficient (Wildman–Crippen LogP) is 0.851. The van der Waals surface area contributed by atoms with E-state index >= 15 is 0 Å². The first-order valence-electron chi connectivity index (χ1n) is 6.97. The molecular weight excluding hydrogens is 256 g/mol. The molecule has 0 aromatic heterocycles. The second-order valence-corrected chi connectivity index (χ2v) is 6.06. The van der Waals surface area contributed by atoms with Crippen molar-refractivity contribution in [1.82, 2.24) is 10.6 Å². The number of hydrogen-bond donors (Lipinski definition) is 3. The zero-order chi connectivity index (χ0) is 15.3. The molecule has 0 aliphatic heterocycles. The van der Waals surface area contributed by atoms with Crippen molar-refractivity contribution in [3.05, 3.63) is 0 Å². The average Bonchev–Trinajstić information content (AvgIpc) is 2.35. The third-order valence-corrected chi connectivity index (χ3v) is 4.60. The molecule has 3 N–H and O–H groups in total. The Hall–Kier alpha value is -1.54. The molecule has 0 radical (unpaired) electrons. The van der Waals surface area contributed by atoms with Gasteiger partial charge < -0.3 is 10.4 Å². The van der Waals surface area contributed by atoms with Crippen LogP contribution in [-0.2, 0) is 9.59 Å². The van der Waals surface area contributed by atoms with Gasteiger partial charge in [-0.1, -0.05) is 26.7 Å². The van der Waals surface area contributed by atoms with Crippen LogP contribution in [0.2, 0.25) is 0 Å². The molecule has 0 bridgehead atoms. The first kappa shape index (κ1) is 16.5. The number of terminal acetylenes is 1. The van der Waals surface area contributed by atoms with Gasteiger partial charge in [-0.05, 0) is 24.2 Å². The highest BCUT2D eigenvalue weighted by Crippen LogP contribution is 2.44. The summed E-state index contributed by atoms with van der Waals surface area (Å²) in [6, 6.07) is 0.0146. The summed E-state index contributed by atoms with van der Waals surface area (Å²) in [6.45, 7) is 6.49. The largest absolute Gasteiger partial charge is 0.481 e. The monoisotopic (exact) mass is 280 g/mol. The predicted molar refractivity (Wildman–Crippen MR) is 76.9 cm³/mol. The van der Waals surface area contributed by atoms with Crippen LogP contribution in [0.25, 0.3) is 0 Å². The van der Waals surface area contributed by atoms with Crippen LogP contribution in [0.4, 0.5) is 0 Å². The third kappa shape index (κ3) is 3.73. The number of carboxylic acids is 1. The van der Waals surface area contributed by atoms with E-state index in [1.807, 2.05) is 20.8 Å². The molecule has 0 heterocycles. The Morgan fingerprint density at radius 2 is 2.05 bits per heavy atom. The lowest BCUT2D eigenvalue weighted by Gasteiger charge is -2.46. The minimum Gasteiger partial charge on any atom is -0.481 e. The number of rotatable bonds is 5. The van der Waals surface area contributed by atoms with Crippen molar-refractivity contribution in [2.75, 3.05) is 13.1 Å². The highest BCUT2D eigenvalue weighted by atomic mass is 16.4. The van der Waals surface area contributed by atoms with Gasteiger partial charge in [0, 0.05) is 6.04 Å². The number of aliphatic carboxylic acids is 1. The molecule has 1 amide bonds. The van der Waals surface area contributed by atoms with Crippen molar-refractivity contribution in [1.29, 1.82) is 0 Å². The maximum Gasteiger partial charge on any atom is 0.307 e. The van der Waals surface area contributed by atoms with E-state index in [0.717, 1.165) is 0 Å². The molecule has 112 valence electrons. The van der Waals surface area contributed by atoms with Crippen LogP contribution in [0.3, 0.4) is 0 Å². The molecule has 0 spiro atoms. The van der Waals surface area contributed by atoms with Gasteiger partial charge in [0.1, 0.15) is 0 Å². The smallest absolute Gasteiger partial charge is 0.307 e. The Balaban J connectivity index is 2.60. The lowest BCUT2D eigenvalue weighted by atomic mass is 9.61. The van der Waals surface area contributed by atoms with E-state index in [-0.39, 0.29) is 35.7 Å². The fraction of sp³-hybridized carbons (Fsp3) is 0.733. The maximum absolute atomic E-state index is 11.8. The molecule has 0 aromatic carbocycles. The van der Waals surface area contributed by atoms with E-state index < -0.39 is 5.97 Å². The van der Waals surface area contributed by atoms with E-state index in [0.29, 0.717) is 19.4 Å². The Labute approximate surface area is 120 Å². The molecule has 1 fully saturated rings. The van der Waals surface area contributed by atoms with Crippen molar-refractivity contribution in [2.24, 2.45) is 17.3 Å². The fourth-order valence-electron chi connectivity index (χ4n) is 2.95. The van der Waals surface area contributed by atoms with Crippen molar-refractivity contribution in [2.45, 2.75) is 39.7 Å². The van der Waals surface area contributed by atoms with E-state index in [9.17, 15) is 14.7 Å². The topological polar surface area (TPSA) is 78.4 Å². The summed E-state index contributed by atoms with van der Waals surface area (Å²) in [5.41, 5.74) is -0.339. The first-order valence-corrected chi connectivity index (χ1v) is 6.97. The molecule has 3 unspecified atom stereocenters. The second kappa shape index (κ2) is 6.76. The fourth-order valence-corrected chi connectivity index (χ4v) is 2.95. The molecule has 1 rings (SSSR count). The van der Waals surface area contributed by atoms with E-state index in [4.69, 9.17) is 6.42 Å². The minimum atomic E-state index is -0.748. The van der Waals surface area contributed by atoms with Crippen molar-refractivity contribution in [3.8, 4) is 12.3 Å². The Bertz CT molecular complexity index is 412. The number of hydrogen-bond acceptors (Lipinski definition) is 3. The van der Waals surface area contributed by atoms with Gasteiger partial charge in [0.25, 0.3) is 0 Å². The molecule has 0 aromatic rings. The van der Waals surface area contributed by atoms with Gasteiger partial charge in [0.15, 0.2) is 0 Å². The number of carbonyl (C=O) groups is 2. The summed E-state index contributed by atoms with van der Waals surface area (Å²) >= 11 is 0. The zero-order valence-corrected chi connectivity index (χ0v) is 12.4. The van der Waals surface area contributed by atoms with Crippen LogP contribution >= 0.6 is 0 Å².